The van der Waals surface area contributed by atoms with Crippen molar-refractivity contribution in [2.75, 3.05) is 18.6 Å². The van der Waals surface area contributed by atoms with Crippen LogP contribution in [0.5, 0.6) is 0 Å². The van der Waals surface area contributed by atoms with Crippen LogP contribution in [0.4, 0.5) is 0 Å². The molecule has 14 heavy (non-hydrogen) atoms. The highest BCUT2D eigenvalue weighted by Gasteiger charge is 2.07. The maximum atomic E-state index is 3.42. The predicted molar refractivity (Wildman–Crippen MR) is 69.2 cm³/mol. The average molecular weight is 217 g/mol. The van der Waals surface area contributed by atoms with Gasteiger partial charge >= 0.3 is 0 Å². The molecule has 1 nitrogen and oxygen atoms in total. The lowest BCUT2D eigenvalue weighted by atomic mass is 9.99. The molecule has 0 heterocycles. The Morgan fingerprint density at radius 3 is 2.43 bits per heavy atom. The molecule has 0 rings (SSSR count). The van der Waals surface area contributed by atoms with E-state index in [9.17, 15) is 0 Å². The number of rotatable bonds is 9. The van der Waals surface area contributed by atoms with Crippen molar-refractivity contribution in [2.24, 2.45) is 5.92 Å². The fourth-order valence-electron chi connectivity index (χ4n) is 1.69. The molecule has 1 N–H and O–H groups in total. The van der Waals surface area contributed by atoms with Gasteiger partial charge in [-0.05, 0) is 43.7 Å². The number of hydrogen-bond acceptors (Lipinski definition) is 2. The predicted octanol–water partition coefficient (Wildman–Crippen LogP) is 3.54. The van der Waals surface area contributed by atoms with Crippen LogP contribution in [0.2, 0.25) is 0 Å². The molecule has 2 heteroatoms. The summed E-state index contributed by atoms with van der Waals surface area (Å²) < 4.78 is 0. The summed E-state index contributed by atoms with van der Waals surface area (Å²) in [5, 5.41) is 3.42. The van der Waals surface area contributed by atoms with Crippen molar-refractivity contribution >= 4 is 11.8 Å². The number of hydrogen-bond donors (Lipinski definition) is 1. The van der Waals surface area contributed by atoms with Crippen LogP contribution in [0.15, 0.2) is 0 Å². The van der Waals surface area contributed by atoms with Crippen LogP contribution in [0.25, 0.3) is 0 Å². The molecule has 0 amide bonds. The summed E-state index contributed by atoms with van der Waals surface area (Å²) in [5.41, 5.74) is 0. The lowest BCUT2D eigenvalue weighted by molar-refractivity contribution is 0.412. The molecule has 0 aliphatic rings. The highest BCUT2D eigenvalue weighted by molar-refractivity contribution is 7.99. The molecule has 0 aliphatic carbocycles. The Morgan fingerprint density at radius 1 is 1.21 bits per heavy atom. The number of unbranched alkanes of at least 4 members (excludes halogenated alkanes) is 1. The lowest BCUT2D eigenvalue weighted by Crippen LogP contribution is -2.26. The van der Waals surface area contributed by atoms with Gasteiger partial charge in [-0.2, -0.15) is 11.8 Å². The molecule has 1 unspecified atom stereocenters. The van der Waals surface area contributed by atoms with Gasteiger partial charge in [-0.3, -0.25) is 0 Å². The van der Waals surface area contributed by atoms with E-state index in [0.29, 0.717) is 0 Å². The summed E-state index contributed by atoms with van der Waals surface area (Å²) in [4.78, 5) is 0. The van der Waals surface area contributed by atoms with Crippen molar-refractivity contribution in [3.63, 3.8) is 0 Å². The van der Waals surface area contributed by atoms with Gasteiger partial charge in [-0.15, -0.1) is 0 Å². The zero-order valence-corrected chi connectivity index (χ0v) is 11.1. The van der Waals surface area contributed by atoms with Gasteiger partial charge in [0.05, 0.1) is 0 Å². The van der Waals surface area contributed by atoms with E-state index in [-0.39, 0.29) is 0 Å². The lowest BCUT2D eigenvalue weighted by Gasteiger charge is -2.17. The topological polar surface area (TPSA) is 12.0 Å². The van der Waals surface area contributed by atoms with E-state index >= 15 is 0 Å². The van der Waals surface area contributed by atoms with Crippen LogP contribution in [0, 0.1) is 5.92 Å². The van der Waals surface area contributed by atoms with Gasteiger partial charge in [-0.1, -0.05) is 27.2 Å². The molecule has 0 radical (unpaired) electrons. The fraction of sp³-hybridized carbons (Fsp3) is 1.00. The Balaban J connectivity index is 3.33. The second-order valence-corrected chi connectivity index (χ2v) is 5.70. The monoisotopic (exact) mass is 217 g/mol. The first-order chi connectivity index (χ1) is 6.70. The average Bonchev–Trinajstić information content (AvgIpc) is 2.15. The molecule has 0 aromatic carbocycles. The van der Waals surface area contributed by atoms with E-state index in [2.05, 4.69) is 44.9 Å². The molecule has 0 spiro atoms. The first-order valence-corrected chi connectivity index (χ1v) is 7.11. The SMILES string of the molecule is CCSCCCCC(CC(C)C)NC. The molecule has 0 aromatic heterocycles. The van der Waals surface area contributed by atoms with E-state index in [1.807, 2.05) is 0 Å². The maximum absolute atomic E-state index is 3.42. The Labute approximate surface area is 94.4 Å². The summed E-state index contributed by atoms with van der Waals surface area (Å²) in [5.74, 6) is 3.42. The van der Waals surface area contributed by atoms with Crippen molar-refractivity contribution in [3.05, 3.63) is 0 Å². The van der Waals surface area contributed by atoms with Crippen LogP contribution < -0.4 is 5.32 Å². The van der Waals surface area contributed by atoms with E-state index in [0.717, 1.165) is 12.0 Å². The molecule has 86 valence electrons. The molecule has 0 aromatic rings. The van der Waals surface area contributed by atoms with Crippen molar-refractivity contribution in [2.45, 2.75) is 52.5 Å². The van der Waals surface area contributed by atoms with Crippen LogP contribution >= 0.6 is 11.8 Å². The smallest absolute Gasteiger partial charge is 0.00665 e. The minimum atomic E-state index is 0.738. The highest BCUT2D eigenvalue weighted by atomic mass is 32.2. The van der Waals surface area contributed by atoms with Crippen LogP contribution in [0.1, 0.15) is 46.5 Å². The van der Waals surface area contributed by atoms with Crippen molar-refractivity contribution in [1.82, 2.24) is 5.32 Å². The fourth-order valence-corrected chi connectivity index (χ4v) is 2.39. The number of thioether (sulfide) groups is 1. The molecule has 0 bridgehead atoms. The summed E-state index contributed by atoms with van der Waals surface area (Å²) >= 11 is 2.06. The van der Waals surface area contributed by atoms with Crippen molar-refractivity contribution in [1.29, 1.82) is 0 Å². The van der Waals surface area contributed by atoms with Crippen molar-refractivity contribution < 1.29 is 0 Å². The normalized spacial score (nSPS) is 13.5. The second-order valence-electron chi connectivity index (χ2n) is 4.31. The van der Waals surface area contributed by atoms with E-state index < -0.39 is 0 Å². The van der Waals surface area contributed by atoms with Gasteiger partial charge in [0.1, 0.15) is 0 Å². The van der Waals surface area contributed by atoms with Gasteiger partial charge in [0.15, 0.2) is 0 Å². The Bertz CT molecular complexity index is 115. The van der Waals surface area contributed by atoms with Gasteiger partial charge in [-0.25, -0.2) is 0 Å². The third-order valence-corrected chi connectivity index (χ3v) is 3.45. The quantitative estimate of drug-likeness (QED) is 0.593. The number of nitrogens with one attached hydrogen (secondary N) is 1. The molecular weight excluding hydrogens is 190 g/mol. The first-order valence-electron chi connectivity index (χ1n) is 5.95. The standard InChI is InChI=1S/C12H27NS/c1-5-14-9-7-6-8-12(13-4)10-11(2)3/h11-13H,5-10H2,1-4H3. The van der Waals surface area contributed by atoms with Gasteiger partial charge < -0.3 is 5.32 Å². The minimum Gasteiger partial charge on any atom is -0.317 e. The highest BCUT2D eigenvalue weighted by Crippen LogP contribution is 2.12. The third-order valence-electron chi connectivity index (χ3n) is 2.46. The minimum absolute atomic E-state index is 0.738. The summed E-state index contributed by atoms with van der Waals surface area (Å²) in [6, 6.07) is 0.738. The zero-order valence-electron chi connectivity index (χ0n) is 10.3. The van der Waals surface area contributed by atoms with Gasteiger partial charge in [0.2, 0.25) is 0 Å². The molecule has 0 fully saturated rings. The molecular formula is C12H27NS. The molecule has 1 atom stereocenters. The van der Waals surface area contributed by atoms with Crippen LogP contribution in [-0.2, 0) is 0 Å². The van der Waals surface area contributed by atoms with E-state index in [4.69, 9.17) is 0 Å². The summed E-state index contributed by atoms with van der Waals surface area (Å²) in [6.45, 7) is 6.84. The molecule has 0 saturated heterocycles. The van der Waals surface area contributed by atoms with Crippen molar-refractivity contribution in [3.8, 4) is 0 Å². The zero-order chi connectivity index (χ0) is 10.8. The van der Waals surface area contributed by atoms with E-state index in [1.165, 1.54) is 37.2 Å². The summed E-state index contributed by atoms with van der Waals surface area (Å²) in [7, 11) is 2.09. The van der Waals surface area contributed by atoms with Crippen LogP contribution in [0.3, 0.4) is 0 Å². The van der Waals surface area contributed by atoms with E-state index in [1.54, 1.807) is 0 Å². The van der Waals surface area contributed by atoms with Gasteiger partial charge in [0, 0.05) is 6.04 Å². The Kier molecular flexibility index (Phi) is 10.1. The molecule has 0 saturated carbocycles. The maximum Gasteiger partial charge on any atom is 0.00665 e. The van der Waals surface area contributed by atoms with Crippen LogP contribution in [-0.4, -0.2) is 24.6 Å². The third kappa shape index (κ3) is 8.89. The largest absolute Gasteiger partial charge is 0.317 e. The molecule has 0 aliphatic heterocycles. The summed E-state index contributed by atoms with van der Waals surface area (Å²) in [6.07, 6.45) is 5.43. The Morgan fingerprint density at radius 2 is 1.93 bits per heavy atom. The first kappa shape index (κ1) is 14.3. The van der Waals surface area contributed by atoms with Gasteiger partial charge in [0.25, 0.3) is 0 Å². The second kappa shape index (κ2) is 9.85. The Hall–Kier alpha value is 0.310.